The molecular weight excluding hydrogens is 316 g/mol. The average Bonchev–Trinajstić information content (AvgIpc) is 2.88. The third-order valence-electron chi connectivity index (χ3n) is 4.70. The number of nitrogens with one attached hydrogen (secondary N) is 1. The van der Waals surface area contributed by atoms with Crippen molar-refractivity contribution in [2.45, 2.75) is 38.1 Å². The third kappa shape index (κ3) is 4.79. The van der Waals surface area contributed by atoms with Crippen LogP contribution in [0.3, 0.4) is 0 Å². The highest BCUT2D eigenvalue weighted by molar-refractivity contribution is 5.94. The lowest BCUT2D eigenvalue weighted by Gasteiger charge is -2.24. The molecule has 1 saturated carbocycles. The number of benzene rings is 1. The standard InChI is InChI=1S/C20H24N2O3/c23-14-16-5-2-1-3-7-19(16)22-20(24)15-8-10-17(11-9-15)25-18-6-4-12-21-13-18/h4,6,8-13,16,19,23H,1-3,5,7,14H2,(H,22,24). The molecule has 1 amide bonds. The molecule has 1 aliphatic rings. The van der Waals surface area contributed by atoms with Gasteiger partial charge in [-0.3, -0.25) is 9.78 Å². The van der Waals surface area contributed by atoms with Gasteiger partial charge in [-0.25, -0.2) is 0 Å². The number of carbonyl (C=O) groups excluding carboxylic acids is 1. The Kier molecular flexibility index (Phi) is 6.01. The molecule has 3 rings (SSSR count). The molecule has 0 radical (unpaired) electrons. The molecule has 1 aliphatic carbocycles. The Morgan fingerprint density at radius 1 is 1.12 bits per heavy atom. The molecule has 0 bridgehead atoms. The van der Waals surface area contributed by atoms with E-state index in [1.165, 1.54) is 6.42 Å². The molecule has 2 atom stereocenters. The van der Waals surface area contributed by atoms with E-state index < -0.39 is 0 Å². The topological polar surface area (TPSA) is 71.5 Å². The smallest absolute Gasteiger partial charge is 0.251 e. The maximum atomic E-state index is 12.5. The Labute approximate surface area is 148 Å². The number of carbonyl (C=O) groups is 1. The van der Waals surface area contributed by atoms with Crippen molar-refractivity contribution in [2.75, 3.05) is 6.61 Å². The molecular formula is C20H24N2O3. The zero-order valence-corrected chi connectivity index (χ0v) is 14.2. The van der Waals surface area contributed by atoms with Gasteiger partial charge in [0, 0.05) is 30.3 Å². The Morgan fingerprint density at radius 3 is 2.64 bits per heavy atom. The van der Waals surface area contributed by atoms with E-state index in [1.807, 2.05) is 12.1 Å². The van der Waals surface area contributed by atoms with Gasteiger partial charge in [-0.05, 0) is 49.2 Å². The Balaban J connectivity index is 1.62. The first-order valence-corrected chi connectivity index (χ1v) is 8.86. The van der Waals surface area contributed by atoms with Crippen LogP contribution in [0.25, 0.3) is 0 Å². The van der Waals surface area contributed by atoms with Crippen molar-refractivity contribution in [1.29, 1.82) is 0 Å². The van der Waals surface area contributed by atoms with Crippen LogP contribution in [0, 0.1) is 5.92 Å². The van der Waals surface area contributed by atoms with E-state index >= 15 is 0 Å². The van der Waals surface area contributed by atoms with E-state index in [0.717, 1.165) is 25.7 Å². The predicted octanol–water partition coefficient (Wildman–Crippen LogP) is 3.54. The lowest BCUT2D eigenvalue weighted by Crippen LogP contribution is -2.41. The summed E-state index contributed by atoms with van der Waals surface area (Å²) >= 11 is 0. The Hall–Kier alpha value is -2.40. The number of pyridine rings is 1. The van der Waals surface area contributed by atoms with Crippen LogP contribution < -0.4 is 10.1 Å². The second-order valence-electron chi connectivity index (χ2n) is 6.48. The number of aromatic nitrogens is 1. The van der Waals surface area contributed by atoms with Crippen LogP contribution in [0.4, 0.5) is 0 Å². The van der Waals surface area contributed by atoms with Gasteiger partial charge in [0.05, 0.1) is 6.20 Å². The zero-order chi connectivity index (χ0) is 17.5. The molecule has 2 unspecified atom stereocenters. The highest BCUT2D eigenvalue weighted by Crippen LogP contribution is 2.24. The second-order valence-corrected chi connectivity index (χ2v) is 6.48. The summed E-state index contributed by atoms with van der Waals surface area (Å²) < 4.78 is 5.69. The fourth-order valence-corrected chi connectivity index (χ4v) is 3.26. The van der Waals surface area contributed by atoms with Crippen molar-refractivity contribution >= 4 is 5.91 Å². The summed E-state index contributed by atoms with van der Waals surface area (Å²) in [5.74, 6) is 1.37. The largest absolute Gasteiger partial charge is 0.456 e. The lowest BCUT2D eigenvalue weighted by molar-refractivity contribution is 0.0899. The summed E-state index contributed by atoms with van der Waals surface area (Å²) in [5.41, 5.74) is 0.597. The summed E-state index contributed by atoms with van der Waals surface area (Å²) in [6.45, 7) is 0.128. The molecule has 25 heavy (non-hydrogen) atoms. The van der Waals surface area contributed by atoms with Crippen LogP contribution in [0.1, 0.15) is 42.5 Å². The number of aliphatic hydroxyl groups excluding tert-OH is 1. The first kappa shape index (κ1) is 17.4. The number of rotatable bonds is 5. The van der Waals surface area contributed by atoms with Crippen molar-refractivity contribution in [3.8, 4) is 11.5 Å². The van der Waals surface area contributed by atoms with Gasteiger partial charge < -0.3 is 15.2 Å². The van der Waals surface area contributed by atoms with Crippen molar-refractivity contribution in [1.82, 2.24) is 10.3 Å². The van der Waals surface area contributed by atoms with Crippen molar-refractivity contribution in [3.05, 3.63) is 54.4 Å². The van der Waals surface area contributed by atoms with E-state index in [0.29, 0.717) is 17.1 Å². The van der Waals surface area contributed by atoms with Gasteiger partial charge in [0.1, 0.15) is 11.5 Å². The number of ether oxygens (including phenoxy) is 1. The van der Waals surface area contributed by atoms with Crippen LogP contribution >= 0.6 is 0 Å². The summed E-state index contributed by atoms with van der Waals surface area (Å²) in [6, 6.07) is 10.7. The van der Waals surface area contributed by atoms with Crippen LogP contribution in [0.5, 0.6) is 11.5 Å². The Morgan fingerprint density at radius 2 is 1.92 bits per heavy atom. The minimum absolute atomic E-state index is 0.0475. The minimum Gasteiger partial charge on any atom is -0.456 e. The first-order chi connectivity index (χ1) is 12.3. The molecule has 132 valence electrons. The van der Waals surface area contributed by atoms with E-state index in [2.05, 4.69) is 10.3 Å². The van der Waals surface area contributed by atoms with Crippen LogP contribution in [-0.4, -0.2) is 28.6 Å². The first-order valence-electron chi connectivity index (χ1n) is 8.86. The molecule has 1 heterocycles. The minimum atomic E-state index is -0.0988. The summed E-state index contributed by atoms with van der Waals surface area (Å²) in [7, 11) is 0. The number of hydrogen-bond acceptors (Lipinski definition) is 4. The normalized spacial score (nSPS) is 20.5. The molecule has 2 aromatic rings. The number of aliphatic hydroxyl groups is 1. The van der Waals surface area contributed by atoms with Crippen LogP contribution in [-0.2, 0) is 0 Å². The number of nitrogens with zero attached hydrogens (tertiary/aromatic N) is 1. The van der Waals surface area contributed by atoms with Gasteiger partial charge in [-0.15, -0.1) is 0 Å². The molecule has 2 N–H and O–H groups in total. The van der Waals surface area contributed by atoms with E-state index in [9.17, 15) is 9.90 Å². The second kappa shape index (κ2) is 8.62. The number of hydrogen-bond donors (Lipinski definition) is 2. The van der Waals surface area contributed by atoms with Gasteiger partial charge in [0.2, 0.25) is 0 Å². The molecule has 1 aromatic heterocycles. The molecule has 0 aliphatic heterocycles. The fraction of sp³-hybridized carbons (Fsp3) is 0.400. The van der Waals surface area contributed by atoms with Gasteiger partial charge in [0.25, 0.3) is 5.91 Å². The predicted molar refractivity (Wildman–Crippen MR) is 95.7 cm³/mol. The van der Waals surface area contributed by atoms with Gasteiger partial charge in [-0.2, -0.15) is 0 Å². The van der Waals surface area contributed by atoms with Crippen molar-refractivity contribution < 1.29 is 14.6 Å². The van der Waals surface area contributed by atoms with E-state index in [4.69, 9.17) is 4.74 Å². The SMILES string of the molecule is O=C(NC1CCCCCC1CO)c1ccc(Oc2cccnc2)cc1. The van der Waals surface area contributed by atoms with Gasteiger partial charge in [-0.1, -0.05) is 19.3 Å². The zero-order valence-electron chi connectivity index (χ0n) is 14.2. The maximum Gasteiger partial charge on any atom is 0.251 e. The molecule has 5 nitrogen and oxygen atoms in total. The summed E-state index contributed by atoms with van der Waals surface area (Å²) in [5, 5.41) is 12.7. The van der Waals surface area contributed by atoms with Crippen LogP contribution in [0.2, 0.25) is 0 Å². The van der Waals surface area contributed by atoms with E-state index in [-0.39, 0.29) is 24.5 Å². The summed E-state index contributed by atoms with van der Waals surface area (Å²) in [6.07, 6.45) is 8.62. The van der Waals surface area contributed by atoms with Crippen molar-refractivity contribution in [3.63, 3.8) is 0 Å². The average molecular weight is 340 g/mol. The molecule has 0 spiro atoms. The highest BCUT2D eigenvalue weighted by atomic mass is 16.5. The van der Waals surface area contributed by atoms with Crippen LogP contribution in [0.15, 0.2) is 48.8 Å². The molecule has 0 saturated heterocycles. The molecule has 1 aromatic carbocycles. The maximum absolute atomic E-state index is 12.5. The monoisotopic (exact) mass is 340 g/mol. The lowest BCUT2D eigenvalue weighted by atomic mass is 9.95. The fourth-order valence-electron chi connectivity index (χ4n) is 3.26. The quantitative estimate of drug-likeness (QED) is 0.817. The summed E-state index contributed by atoms with van der Waals surface area (Å²) in [4.78, 5) is 16.5. The van der Waals surface area contributed by atoms with E-state index in [1.54, 1.807) is 36.7 Å². The molecule has 1 fully saturated rings. The highest BCUT2D eigenvalue weighted by Gasteiger charge is 2.24. The third-order valence-corrected chi connectivity index (χ3v) is 4.70. The van der Waals surface area contributed by atoms with Gasteiger partial charge in [0.15, 0.2) is 0 Å². The number of amides is 1. The molecule has 5 heteroatoms. The van der Waals surface area contributed by atoms with Gasteiger partial charge >= 0.3 is 0 Å². The Bertz CT molecular complexity index is 673. The van der Waals surface area contributed by atoms with Crippen molar-refractivity contribution in [2.24, 2.45) is 5.92 Å².